The molecule has 4 aliphatic heterocycles. The van der Waals surface area contributed by atoms with Gasteiger partial charge in [-0.05, 0) is 70.9 Å². The number of carbonyl (C=O) groups excluding carboxylic acids is 4. The molecule has 4 atom stereocenters. The first-order valence-corrected chi connectivity index (χ1v) is 20.3. The highest BCUT2D eigenvalue weighted by molar-refractivity contribution is 6.05. The first kappa shape index (κ1) is 39.7. The van der Waals surface area contributed by atoms with Gasteiger partial charge in [-0.1, -0.05) is 93.8 Å². The lowest BCUT2D eigenvalue weighted by Crippen LogP contribution is -2.55. The number of methoxy groups -OCH3 is 2. The van der Waals surface area contributed by atoms with Crippen LogP contribution in [-0.2, 0) is 19.1 Å². The van der Waals surface area contributed by atoms with Crippen LogP contribution in [-0.4, -0.2) is 96.7 Å². The molecule has 4 heterocycles. The monoisotopic (exact) mass is 774 g/mol. The van der Waals surface area contributed by atoms with E-state index in [4.69, 9.17) is 19.5 Å². The molecule has 1 saturated carbocycles. The van der Waals surface area contributed by atoms with Crippen LogP contribution in [0.3, 0.4) is 0 Å². The highest BCUT2D eigenvalue weighted by Gasteiger charge is 2.40. The van der Waals surface area contributed by atoms with E-state index in [0.717, 1.165) is 89.8 Å². The third kappa shape index (κ3) is 8.74. The second-order valence-corrected chi connectivity index (χ2v) is 16.0. The molecule has 0 bridgehead atoms. The Hall–Kier alpha value is -5.52. The molecule has 2 aromatic carbocycles. The Bertz CT molecular complexity index is 1990. The summed E-state index contributed by atoms with van der Waals surface area (Å²) in [5, 5.41) is 5.58. The van der Waals surface area contributed by atoms with E-state index >= 15 is 0 Å². The van der Waals surface area contributed by atoms with Crippen molar-refractivity contribution in [2.75, 3.05) is 27.3 Å². The van der Waals surface area contributed by atoms with Crippen molar-refractivity contribution in [2.24, 2.45) is 21.8 Å². The van der Waals surface area contributed by atoms with Crippen molar-refractivity contribution in [3.05, 3.63) is 84.2 Å². The van der Waals surface area contributed by atoms with E-state index in [0.29, 0.717) is 25.9 Å². The minimum atomic E-state index is -0.657. The van der Waals surface area contributed by atoms with Gasteiger partial charge in [0, 0.05) is 49.8 Å². The lowest BCUT2D eigenvalue weighted by atomic mass is 9.83. The van der Waals surface area contributed by atoms with E-state index in [1.165, 1.54) is 14.2 Å². The Labute approximate surface area is 335 Å². The van der Waals surface area contributed by atoms with Gasteiger partial charge in [-0.15, -0.1) is 0 Å². The molecule has 300 valence electrons. The second kappa shape index (κ2) is 17.7. The molecule has 0 radical (unpaired) electrons. The number of ether oxygens (including phenoxy) is 2. The fourth-order valence-electron chi connectivity index (χ4n) is 8.89. The Morgan fingerprint density at radius 3 is 1.84 bits per heavy atom. The molecule has 2 aromatic rings. The van der Waals surface area contributed by atoms with Gasteiger partial charge in [0.1, 0.15) is 12.1 Å². The number of nitrogens with zero attached hydrogens (tertiary/aromatic N) is 4. The Kier molecular flexibility index (Phi) is 12.4. The van der Waals surface area contributed by atoms with Crippen LogP contribution in [0.5, 0.6) is 0 Å². The fourth-order valence-corrected chi connectivity index (χ4v) is 8.89. The molecule has 12 heteroatoms. The summed E-state index contributed by atoms with van der Waals surface area (Å²) in [4.78, 5) is 65.1. The number of nitrogens with one attached hydrogen (secondary N) is 2. The Morgan fingerprint density at radius 1 is 0.684 bits per heavy atom. The van der Waals surface area contributed by atoms with E-state index in [2.05, 4.69) is 59.2 Å². The van der Waals surface area contributed by atoms with E-state index in [9.17, 15) is 19.2 Å². The van der Waals surface area contributed by atoms with Gasteiger partial charge in [0.05, 0.1) is 26.3 Å². The molecular formula is C45H54N6O6. The SMILES string of the molecule is COC(=O)NC(C(=O)N1CC=C[C@H]1C1=NC=C(c2ccc(-c3ccc(C4=CN=C([C@@H]5CCCN5C(=O)[C@@H](NC(=O)OC)C(C)C)C4)cc3)cc2)C1)C1CCCCC1. The summed E-state index contributed by atoms with van der Waals surface area (Å²) in [6.07, 6.45) is 14.9. The molecule has 2 N–H and O–H groups in total. The number of aliphatic imine (C=N–C) groups is 2. The van der Waals surface area contributed by atoms with Crippen molar-refractivity contribution in [1.29, 1.82) is 0 Å². The van der Waals surface area contributed by atoms with Crippen LogP contribution >= 0.6 is 0 Å². The summed E-state index contributed by atoms with van der Waals surface area (Å²) in [5.74, 6) is -0.164. The lowest BCUT2D eigenvalue weighted by Gasteiger charge is -2.34. The van der Waals surface area contributed by atoms with Gasteiger partial charge in [0.15, 0.2) is 0 Å². The van der Waals surface area contributed by atoms with Crippen LogP contribution in [0, 0.1) is 11.8 Å². The first-order valence-electron chi connectivity index (χ1n) is 20.3. The largest absolute Gasteiger partial charge is 0.453 e. The maximum Gasteiger partial charge on any atom is 0.407 e. The zero-order valence-electron chi connectivity index (χ0n) is 33.4. The zero-order chi connectivity index (χ0) is 40.1. The summed E-state index contributed by atoms with van der Waals surface area (Å²) < 4.78 is 9.66. The van der Waals surface area contributed by atoms with Crippen LogP contribution in [0.25, 0.3) is 22.3 Å². The number of alkyl carbamates (subject to hydrolysis) is 2. The maximum absolute atomic E-state index is 14.0. The normalized spacial score (nSPS) is 21.8. The number of carbonyl (C=O) groups is 4. The highest BCUT2D eigenvalue weighted by Crippen LogP contribution is 2.34. The number of rotatable bonds is 11. The average Bonchev–Trinajstić information content (AvgIpc) is 4.09. The van der Waals surface area contributed by atoms with Gasteiger partial charge in [0.25, 0.3) is 0 Å². The molecule has 12 nitrogen and oxygen atoms in total. The summed E-state index contributed by atoms with van der Waals surface area (Å²) >= 11 is 0. The number of amides is 4. The fraction of sp³-hybridized carbons (Fsp3) is 0.467. The van der Waals surface area contributed by atoms with Crippen LogP contribution < -0.4 is 10.6 Å². The van der Waals surface area contributed by atoms with E-state index in [1.54, 1.807) is 0 Å². The molecule has 2 fully saturated rings. The second-order valence-electron chi connectivity index (χ2n) is 16.0. The van der Waals surface area contributed by atoms with Crippen LogP contribution in [0.2, 0.25) is 0 Å². The first-order chi connectivity index (χ1) is 27.6. The Morgan fingerprint density at radius 2 is 1.25 bits per heavy atom. The molecular weight excluding hydrogens is 721 g/mol. The average molecular weight is 775 g/mol. The standard InChI is InChI=1S/C45H54N6O6/c1-28(2)40(48-44(54)56-3)42(52)50-22-8-12-38(50)36-24-34(26-46-36)31-18-14-29(15-19-31)30-16-20-32(21-17-30)35-25-37(47-27-35)39-13-9-23-51(39)43(53)41(49-45(55)57-4)33-10-6-5-7-11-33/h9,13-21,26-28,33,38-41H,5-8,10-12,22-25H2,1-4H3,(H,48,54)(H,49,55)/t38-,39-,40-,41?/m0/s1. The predicted molar refractivity (Wildman–Crippen MR) is 221 cm³/mol. The van der Waals surface area contributed by atoms with Crippen molar-refractivity contribution in [1.82, 2.24) is 20.4 Å². The minimum absolute atomic E-state index is 0.0791. The molecule has 4 amide bonds. The van der Waals surface area contributed by atoms with Crippen LogP contribution in [0.4, 0.5) is 9.59 Å². The maximum atomic E-state index is 14.0. The van der Waals surface area contributed by atoms with Crippen molar-refractivity contribution >= 4 is 46.6 Å². The molecule has 1 unspecified atom stereocenters. The smallest absolute Gasteiger partial charge is 0.407 e. The molecule has 1 saturated heterocycles. The number of hydrogen-bond donors (Lipinski definition) is 2. The van der Waals surface area contributed by atoms with Gasteiger partial charge in [-0.25, -0.2) is 9.59 Å². The summed E-state index contributed by atoms with van der Waals surface area (Å²) in [5.41, 5.74) is 8.50. The highest BCUT2D eigenvalue weighted by atomic mass is 16.5. The molecule has 0 aromatic heterocycles. The third-order valence-electron chi connectivity index (χ3n) is 12.1. The van der Waals surface area contributed by atoms with Crippen LogP contribution in [0.15, 0.2) is 83.1 Å². The van der Waals surface area contributed by atoms with Gasteiger partial charge < -0.3 is 29.9 Å². The molecule has 5 aliphatic rings. The number of benzene rings is 2. The number of hydrogen-bond acceptors (Lipinski definition) is 8. The van der Waals surface area contributed by atoms with Crippen molar-refractivity contribution in [3.63, 3.8) is 0 Å². The third-order valence-corrected chi connectivity index (χ3v) is 12.1. The summed E-state index contributed by atoms with van der Waals surface area (Å²) in [6.45, 7) is 4.96. The predicted octanol–water partition coefficient (Wildman–Crippen LogP) is 7.17. The minimum Gasteiger partial charge on any atom is -0.453 e. The van der Waals surface area contributed by atoms with Crippen molar-refractivity contribution < 1.29 is 28.7 Å². The van der Waals surface area contributed by atoms with Crippen LogP contribution in [0.1, 0.15) is 82.8 Å². The van der Waals surface area contributed by atoms with E-state index in [1.807, 2.05) is 48.2 Å². The zero-order valence-corrected chi connectivity index (χ0v) is 33.4. The Balaban J connectivity index is 0.941. The summed E-state index contributed by atoms with van der Waals surface area (Å²) in [7, 11) is 2.63. The van der Waals surface area contributed by atoms with Gasteiger partial charge >= 0.3 is 12.2 Å². The number of likely N-dealkylation sites (tertiary alicyclic amines) is 1. The quantitative estimate of drug-likeness (QED) is 0.232. The molecule has 1 aliphatic carbocycles. The van der Waals surface area contributed by atoms with Crippen molar-refractivity contribution in [2.45, 2.75) is 95.8 Å². The molecule has 0 spiro atoms. The van der Waals surface area contributed by atoms with Gasteiger partial charge in [0.2, 0.25) is 11.8 Å². The lowest BCUT2D eigenvalue weighted by molar-refractivity contribution is -0.135. The topological polar surface area (TPSA) is 142 Å². The number of allylic oxidation sites excluding steroid dienone is 2. The van der Waals surface area contributed by atoms with Gasteiger partial charge in [-0.3, -0.25) is 19.6 Å². The van der Waals surface area contributed by atoms with E-state index in [-0.39, 0.29) is 35.7 Å². The van der Waals surface area contributed by atoms with Crippen molar-refractivity contribution in [3.8, 4) is 11.1 Å². The van der Waals surface area contributed by atoms with E-state index < -0.39 is 24.3 Å². The van der Waals surface area contributed by atoms with Gasteiger partial charge in [-0.2, -0.15) is 0 Å². The molecule has 7 rings (SSSR count). The summed E-state index contributed by atoms with van der Waals surface area (Å²) in [6, 6.07) is 15.4. The molecule has 57 heavy (non-hydrogen) atoms.